The third-order valence-corrected chi connectivity index (χ3v) is 5.57. The second-order valence-corrected chi connectivity index (χ2v) is 8.28. The highest BCUT2D eigenvalue weighted by Gasteiger charge is 2.34. The zero-order chi connectivity index (χ0) is 22.9. The average Bonchev–Trinajstić information content (AvgIpc) is 3.15. The van der Waals surface area contributed by atoms with Crippen LogP contribution in [-0.4, -0.2) is 37.0 Å². The number of aryl methyl sites for hydroxylation is 1. The van der Waals surface area contributed by atoms with Crippen LogP contribution in [0, 0.1) is 6.92 Å². The van der Waals surface area contributed by atoms with Gasteiger partial charge in [0.1, 0.15) is 11.6 Å². The van der Waals surface area contributed by atoms with Gasteiger partial charge in [0, 0.05) is 29.0 Å². The van der Waals surface area contributed by atoms with Gasteiger partial charge in [-0.25, -0.2) is 4.98 Å². The van der Waals surface area contributed by atoms with Crippen molar-refractivity contribution in [3.63, 3.8) is 0 Å². The first kappa shape index (κ1) is 20.8. The number of aromatic nitrogens is 5. The summed E-state index contributed by atoms with van der Waals surface area (Å²) in [7, 11) is 0. The molecular formula is C25H24N6O2. The summed E-state index contributed by atoms with van der Waals surface area (Å²) >= 11 is 0. The highest BCUT2D eigenvalue weighted by atomic mass is 16.5. The van der Waals surface area contributed by atoms with Crippen molar-refractivity contribution in [2.45, 2.75) is 39.2 Å². The van der Waals surface area contributed by atoms with E-state index in [1.54, 1.807) is 10.9 Å². The van der Waals surface area contributed by atoms with Gasteiger partial charge in [0.05, 0.1) is 23.7 Å². The third kappa shape index (κ3) is 3.95. The zero-order valence-corrected chi connectivity index (χ0v) is 18.7. The summed E-state index contributed by atoms with van der Waals surface area (Å²) in [6, 6.07) is 17.6. The van der Waals surface area contributed by atoms with E-state index in [2.05, 4.69) is 20.5 Å². The molecule has 3 heterocycles. The van der Waals surface area contributed by atoms with Gasteiger partial charge < -0.3 is 10.1 Å². The number of hydrogen-bond donors (Lipinski definition) is 1. The summed E-state index contributed by atoms with van der Waals surface area (Å²) in [6.07, 6.45) is 1.94. The lowest BCUT2D eigenvalue weighted by Gasteiger charge is -2.26. The number of para-hydroxylation sites is 1. The molecule has 0 radical (unpaired) electrons. The third-order valence-electron chi connectivity index (χ3n) is 5.57. The topological polar surface area (TPSA) is 94.8 Å². The van der Waals surface area contributed by atoms with E-state index in [1.165, 1.54) is 0 Å². The molecule has 1 amide bonds. The van der Waals surface area contributed by atoms with E-state index < -0.39 is 0 Å². The summed E-state index contributed by atoms with van der Waals surface area (Å²) in [5, 5.41) is 16.0. The van der Waals surface area contributed by atoms with Gasteiger partial charge in [0.25, 0.3) is 5.95 Å². The van der Waals surface area contributed by atoms with E-state index in [9.17, 15) is 4.79 Å². The molecule has 0 unspecified atom stereocenters. The van der Waals surface area contributed by atoms with Crippen molar-refractivity contribution in [2.75, 3.05) is 5.32 Å². The Morgan fingerprint density at radius 3 is 2.64 bits per heavy atom. The van der Waals surface area contributed by atoms with Crippen molar-refractivity contribution in [1.82, 2.24) is 25.0 Å². The number of nitrogens with zero attached hydrogens (tertiary/aromatic N) is 5. The van der Waals surface area contributed by atoms with Crippen molar-refractivity contribution in [3.8, 4) is 23.0 Å². The van der Waals surface area contributed by atoms with Crippen molar-refractivity contribution < 1.29 is 9.53 Å². The Balaban J connectivity index is 1.62. The van der Waals surface area contributed by atoms with Gasteiger partial charge >= 0.3 is 0 Å². The molecule has 0 saturated carbocycles. The van der Waals surface area contributed by atoms with Crippen LogP contribution in [0.1, 0.15) is 43.0 Å². The molecule has 1 N–H and O–H groups in total. The van der Waals surface area contributed by atoms with Gasteiger partial charge in [-0.3, -0.25) is 4.79 Å². The lowest BCUT2D eigenvalue weighted by atomic mass is 9.85. The summed E-state index contributed by atoms with van der Waals surface area (Å²) in [6.45, 7) is 5.91. The Labute approximate surface area is 191 Å². The van der Waals surface area contributed by atoms with E-state index in [0.29, 0.717) is 23.9 Å². The molecule has 8 nitrogen and oxygen atoms in total. The number of nitrogens with one attached hydrogen (secondary N) is 1. The lowest BCUT2D eigenvalue weighted by Crippen LogP contribution is -2.25. The number of carbonyl (C=O) groups excluding carboxylic acids is 1. The fraction of sp³-hybridized carbons (Fsp3) is 0.240. The predicted octanol–water partition coefficient (Wildman–Crippen LogP) is 4.29. The van der Waals surface area contributed by atoms with Gasteiger partial charge in [-0.2, -0.15) is 14.9 Å². The largest absolute Gasteiger partial charge is 0.491 e. The van der Waals surface area contributed by atoms with Gasteiger partial charge in [0.15, 0.2) is 0 Å². The van der Waals surface area contributed by atoms with Gasteiger partial charge in [0.2, 0.25) is 5.91 Å². The molecule has 1 aliphatic heterocycles. The molecule has 1 aliphatic rings. The number of ether oxygens (including phenoxy) is 1. The van der Waals surface area contributed by atoms with Crippen LogP contribution in [0.5, 0.6) is 5.75 Å². The number of hydrogen-bond acceptors (Lipinski definition) is 6. The van der Waals surface area contributed by atoms with Crippen LogP contribution < -0.4 is 10.1 Å². The number of rotatable bonds is 5. The zero-order valence-electron chi connectivity index (χ0n) is 18.7. The Hall–Kier alpha value is -4.07. The minimum absolute atomic E-state index is 0.0204. The van der Waals surface area contributed by atoms with Gasteiger partial charge in [-0.1, -0.05) is 48.5 Å². The number of anilines is 1. The Bertz CT molecular complexity index is 1320. The molecule has 0 fully saturated rings. The van der Waals surface area contributed by atoms with Crippen LogP contribution in [0.15, 0.2) is 60.8 Å². The molecule has 33 heavy (non-hydrogen) atoms. The molecule has 5 rings (SSSR count). The molecule has 166 valence electrons. The Kier molecular flexibility index (Phi) is 5.34. The monoisotopic (exact) mass is 440 g/mol. The summed E-state index contributed by atoms with van der Waals surface area (Å²) in [5.41, 5.74) is 4.29. The number of benzene rings is 2. The maximum atomic E-state index is 12.8. The minimum Gasteiger partial charge on any atom is -0.491 e. The maximum absolute atomic E-state index is 12.8. The fourth-order valence-corrected chi connectivity index (χ4v) is 4.22. The van der Waals surface area contributed by atoms with Crippen LogP contribution >= 0.6 is 0 Å². The minimum atomic E-state index is -0.192. The predicted molar refractivity (Wildman–Crippen MR) is 124 cm³/mol. The second-order valence-electron chi connectivity index (χ2n) is 8.28. The Morgan fingerprint density at radius 2 is 1.85 bits per heavy atom. The summed E-state index contributed by atoms with van der Waals surface area (Å²) in [4.78, 5) is 17.4. The highest BCUT2D eigenvalue weighted by Crippen LogP contribution is 2.43. The van der Waals surface area contributed by atoms with Crippen LogP contribution in [0.4, 0.5) is 5.82 Å². The van der Waals surface area contributed by atoms with Crippen molar-refractivity contribution >= 4 is 11.7 Å². The van der Waals surface area contributed by atoms with Gasteiger partial charge in [-0.05, 0) is 26.8 Å². The molecule has 2 aromatic carbocycles. The quantitative estimate of drug-likeness (QED) is 0.497. The number of fused-ring (bicyclic) bond motifs is 1. The van der Waals surface area contributed by atoms with Crippen LogP contribution in [-0.2, 0) is 4.79 Å². The maximum Gasteiger partial charge on any atom is 0.272 e. The normalized spacial score (nSPS) is 15.3. The molecule has 4 aromatic rings. The summed E-state index contributed by atoms with van der Waals surface area (Å²) < 4.78 is 7.62. The molecule has 0 bridgehead atoms. The highest BCUT2D eigenvalue weighted by molar-refractivity contribution is 5.95. The van der Waals surface area contributed by atoms with Crippen molar-refractivity contribution in [2.24, 2.45) is 0 Å². The molecule has 1 atom stereocenters. The first-order valence-corrected chi connectivity index (χ1v) is 10.9. The second kappa shape index (κ2) is 8.46. The van der Waals surface area contributed by atoms with Crippen LogP contribution in [0.2, 0.25) is 0 Å². The molecule has 2 aromatic heterocycles. The van der Waals surface area contributed by atoms with Crippen LogP contribution in [0.3, 0.4) is 0 Å². The van der Waals surface area contributed by atoms with E-state index >= 15 is 0 Å². The van der Waals surface area contributed by atoms with E-state index in [1.807, 2.05) is 75.4 Å². The first-order chi connectivity index (χ1) is 16.0. The van der Waals surface area contributed by atoms with E-state index in [0.717, 1.165) is 28.1 Å². The average molecular weight is 441 g/mol. The number of amides is 1. The Morgan fingerprint density at radius 1 is 1.09 bits per heavy atom. The van der Waals surface area contributed by atoms with E-state index in [4.69, 9.17) is 9.84 Å². The van der Waals surface area contributed by atoms with E-state index in [-0.39, 0.29) is 17.9 Å². The molecular weight excluding hydrogens is 416 g/mol. The first-order valence-electron chi connectivity index (χ1n) is 10.9. The molecule has 0 aliphatic carbocycles. The van der Waals surface area contributed by atoms with Crippen molar-refractivity contribution in [1.29, 1.82) is 0 Å². The smallest absolute Gasteiger partial charge is 0.272 e. The van der Waals surface area contributed by atoms with Crippen LogP contribution in [0.25, 0.3) is 17.2 Å². The molecule has 8 heteroatoms. The SMILES string of the molecule is Cc1nn(-c2nncc(-c3ccccc3)n2)c2c1[C@@H](c1ccccc1OC(C)C)CC(=O)N2. The van der Waals surface area contributed by atoms with Crippen molar-refractivity contribution in [3.05, 3.63) is 77.6 Å². The summed E-state index contributed by atoms with van der Waals surface area (Å²) in [5.74, 6) is 1.35. The molecule has 0 saturated heterocycles. The molecule has 0 spiro atoms. The van der Waals surface area contributed by atoms with Gasteiger partial charge in [-0.15, -0.1) is 5.10 Å². The fourth-order valence-electron chi connectivity index (χ4n) is 4.22. The standard InChI is InChI=1S/C25H24N6O2/c1-15(2)33-21-12-8-7-11-18(21)19-13-22(32)28-24-23(19)16(3)30-31(24)25-27-20(14-26-29-25)17-9-5-4-6-10-17/h4-12,14-15,19H,13H2,1-3H3,(H,28,32)/t19-/m1/s1. The number of carbonyl (C=O) groups is 1. The lowest BCUT2D eigenvalue weighted by molar-refractivity contribution is -0.116.